The molecule has 0 saturated heterocycles. The van der Waals surface area contributed by atoms with Gasteiger partial charge in [0.05, 0.1) is 5.69 Å². The molecule has 0 unspecified atom stereocenters. The van der Waals surface area contributed by atoms with Crippen LogP contribution in [-0.4, -0.2) is 9.97 Å². The van der Waals surface area contributed by atoms with Crippen LogP contribution in [0.4, 0.5) is 0 Å². The van der Waals surface area contributed by atoms with Gasteiger partial charge in [-0.15, -0.1) is 0 Å². The molecule has 0 aliphatic heterocycles. The van der Waals surface area contributed by atoms with Gasteiger partial charge in [-0.05, 0) is 78.4 Å². The van der Waals surface area contributed by atoms with E-state index in [-0.39, 0.29) is 0 Å². The minimum Gasteiger partial charge on any atom is -0.438 e. The Hall–Kier alpha value is -3.92. The van der Waals surface area contributed by atoms with E-state index in [1.54, 1.807) is 0 Å². The van der Waals surface area contributed by atoms with Gasteiger partial charge in [-0.25, -0.2) is 9.97 Å². The Kier molecular flexibility index (Phi) is 4.99. The maximum absolute atomic E-state index is 6.32. The third kappa shape index (κ3) is 3.70. The molecule has 0 amide bonds. The lowest BCUT2D eigenvalue weighted by Gasteiger charge is -2.13. The molecule has 0 aliphatic carbocycles. The summed E-state index contributed by atoms with van der Waals surface area (Å²) in [5, 5.41) is 3.04. The molecular formula is C31H28N2O2. The quantitative estimate of drug-likeness (QED) is 0.263. The first-order valence-electron chi connectivity index (χ1n) is 12.2. The fourth-order valence-corrected chi connectivity index (χ4v) is 4.67. The molecule has 0 bridgehead atoms. The number of rotatable bonds is 4. The first-order chi connectivity index (χ1) is 16.9. The summed E-state index contributed by atoms with van der Waals surface area (Å²) in [6.07, 6.45) is 0. The molecule has 0 spiro atoms. The fraction of sp³-hybridized carbons (Fsp3) is 0.226. The summed E-state index contributed by atoms with van der Waals surface area (Å²) in [6.45, 7) is 10.9. The summed E-state index contributed by atoms with van der Waals surface area (Å²) in [5.74, 6) is 1.74. The lowest BCUT2D eigenvalue weighted by molar-refractivity contribution is 0.618. The van der Waals surface area contributed by atoms with Crippen molar-refractivity contribution in [1.29, 1.82) is 0 Å². The van der Waals surface area contributed by atoms with E-state index in [9.17, 15) is 0 Å². The van der Waals surface area contributed by atoms with Crippen LogP contribution < -0.4 is 0 Å². The molecule has 4 heterocycles. The zero-order chi connectivity index (χ0) is 24.3. The van der Waals surface area contributed by atoms with Crippen molar-refractivity contribution in [2.75, 3.05) is 0 Å². The van der Waals surface area contributed by atoms with Crippen molar-refractivity contribution in [3.05, 3.63) is 83.6 Å². The molecule has 35 heavy (non-hydrogen) atoms. The van der Waals surface area contributed by atoms with Crippen molar-refractivity contribution in [2.24, 2.45) is 0 Å². The van der Waals surface area contributed by atoms with Crippen molar-refractivity contribution in [2.45, 2.75) is 46.5 Å². The van der Waals surface area contributed by atoms with Gasteiger partial charge in [0.2, 0.25) is 11.4 Å². The molecular weight excluding hydrogens is 432 g/mol. The summed E-state index contributed by atoms with van der Waals surface area (Å²) in [5.41, 5.74) is 8.50. The van der Waals surface area contributed by atoms with Crippen molar-refractivity contribution in [3.8, 4) is 22.6 Å². The normalized spacial score (nSPS) is 12.1. The number of nitrogens with zero attached hydrogens (tertiary/aromatic N) is 2. The first-order valence-corrected chi connectivity index (χ1v) is 12.2. The maximum Gasteiger partial charge on any atom is 0.227 e. The largest absolute Gasteiger partial charge is 0.438 e. The van der Waals surface area contributed by atoms with E-state index in [2.05, 4.69) is 75.1 Å². The molecule has 0 saturated carbocycles. The Balaban J connectivity index is 1.48. The maximum atomic E-state index is 6.32. The molecule has 0 radical (unpaired) electrons. The number of hydrogen-bond acceptors (Lipinski definition) is 4. The standard InChI is InChI=1S/C31H28N2O2/c1-17(2)21-13-22(18(3)4)15-23(14-21)28-16-20-10-12-27(33-30(20)34-28)26-8-6-7-24-25-11-9-19(5)32-31(25)35-29(24)26/h6-18H,1-5H3. The highest BCUT2D eigenvalue weighted by Crippen LogP contribution is 2.37. The predicted molar refractivity (Wildman–Crippen MR) is 143 cm³/mol. The Morgan fingerprint density at radius 2 is 1.46 bits per heavy atom. The summed E-state index contributed by atoms with van der Waals surface area (Å²) in [7, 11) is 0. The smallest absolute Gasteiger partial charge is 0.227 e. The number of furan rings is 2. The van der Waals surface area contributed by atoms with Gasteiger partial charge >= 0.3 is 0 Å². The minimum atomic E-state index is 0.448. The molecule has 2 aromatic carbocycles. The Bertz CT molecular complexity index is 1690. The van der Waals surface area contributed by atoms with Gasteiger partial charge in [0.25, 0.3) is 0 Å². The van der Waals surface area contributed by atoms with Gasteiger partial charge in [0, 0.05) is 33.0 Å². The van der Waals surface area contributed by atoms with Crippen LogP contribution in [0.25, 0.3) is 55.7 Å². The van der Waals surface area contributed by atoms with Crippen molar-refractivity contribution in [3.63, 3.8) is 0 Å². The second-order valence-corrected chi connectivity index (χ2v) is 9.99. The van der Waals surface area contributed by atoms with Crippen LogP contribution >= 0.6 is 0 Å². The van der Waals surface area contributed by atoms with Crippen molar-refractivity contribution < 1.29 is 8.83 Å². The topological polar surface area (TPSA) is 52.1 Å². The second-order valence-electron chi connectivity index (χ2n) is 9.99. The monoisotopic (exact) mass is 460 g/mol. The van der Waals surface area contributed by atoms with Crippen LogP contribution in [0.15, 0.2) is 75.6 Å². The highest BCUT2D eigenvalue weighted by molar-refractivity contribution is 6.08. The Morgan fingerprint density at radius 3 is 2.20 bits per heavy atom. The van der Waals surface area contributed by atoms with E-state index in [1.807, 2.05) is 31.2 Å². The third-order valence-electron chi connectivity index (χ3n) is 6.76. The van der Waals surface area contributed by atoms with Gasteiger partial charge in [0.1, 0.15) is 11.3 Å². The molecule has 0 atom stereocenters. The summed E-state index contributed by atoms with van der Waals surface area (Å²) < 4.78 is 12.5. The molecule has 6 rings (SSSR count). The van der Waals surface area contributed by atoms with Crippen LogP contribution in [0.1, 0.15) is 56.4 Å². The highest BCUT2D eigenvalue weighted by atomic mass is 16.3. The molecule has 174 valence electrons. The third-order valence-corrected chi connectivity index (χ3v) is 6.76. The van der Waals surface area contributed by atoms with Crippen molar-refractivity contribution in [1.82, 2.24) is 9.97 Å². The van der Waals surface area contributed by atoms with Crippen LogP contribution in [0.3, 0.4) is 0 Å². The zero-order valence-electron chi connectivity index (χ0n) is 20.7. The average Bonchev–Trinajstić information content (AvgIpc) is 3.44. The summed E-state index contributed by atoms with van der Waals surface area (Å²) in [6, 6.07) is 23.2. The van der Waals surface area contributed by atoms with Crippen LogP contribution in [-0.2, 0) is 0 Å². The van der Waals surface area contributed by atoms with Crippen LogP contribution in [0, 0.1) is 6.92 Å². The van der Waals surface area contributed by atoms with Gasteiger partial charge in [-0.1, -0.05) is 45.9 Å². The summed E-state index contributed by atoms with van der Waals surface area (Å²) in [4.78, 5) is 9.47. The van der Waals surface area contributed by atoms with Crippen LogP contribution in [0.2, 0.25) is 0 Å². The molecule has 4 nitrogen and oxygen atoms in total. The number of aryl methyl sites for hydroxylation is 1. The molecule has 4 aromatic heterocycles. The SMILES string of the molecule is Cc1ccc2c(n1)oc1c(-c3ccc4cc(-c5cc(C(C)C)cc(C(C)C)c5)oc4n3)cccc12. The van der Waals surface area contributed by atoms with Gasteiger partial charge in [-0.2, -0.15) is 0 Å². The van der Waals surface area contributed by atoms with E-state index >= 15 is 0 Å². The molecule has 0 fully saturated rings. The lowest BCUT2D eigenvalue weighted by Crippen LogP contribution is -1.94. The van der Waals surface area contributed by atoms with E-state index in [4.69, 9.17) is 13.8 Å². The van der Waals surface area contributed by atoms with E-state index in [0.29, 0.717) is 23.3 Å². The highest BCUT2D eigenvalue weighted by Gasteiger charge is 2.16. The van der Waals surface area contributed by atoms with E-state index < -0.39 is 0 Å². The zero-order valence-corrected chi connectivity index (χ0v) is 20.7. The second kappa shape index (κ2) is 8.09. The van der Waals surface area contributed by atoms with Gasteiger partial charge in [0.15, 0.2) is 0 Å². The number of para-hydroxylation sites is 1. The predicted octanol–water partition coefficient (Wildman–Crippen LogP) is 9.01. The van der Waals surface area contributed by atoms with Gasteiger partial charge in [-0.3, -0.25) is 0 Å². The van der Waals surface area contributed by atoms with E-state index in [1.165, 1.54) is 11.1 Å². The Labute approximate surface area is 204 Å². The molecule has 4 heteroatoms. The lowest BCUT2D eigenvalue weighted by atomic mass is 9.92. The van der Waals surface area contributed by atoms with Crippen LogP contribution in [0.5, 0.6) is 0 Å². The Morgan fingerprint density at radius 1 is 0.686 bits per heavy atom. The van der Waals surface area contributed by atoms with Gasteiger partial charge < -0.3 is 8.83 Å². The number of hydrogen-bond donors (Lipinski definition) is 0. The minimum absolute atomic E-state index is 0.448. The van der Waals surface area contributed by atoms with Crippen molar-refractivity contribution >= 4 is 33.2 Å². The average molecular weight is 461 g/mol. The molecule has 0 N–H and O–H groups in total. The number of pyridine rings is 2. The first kappa shape index (κ1) is 21.6. The number of benzene rings is 2. The summed E-state index contributed by atoms with van der Waals surface area (Å²) >= 11 is 0. The van der Waals surface area contributed by atoms with E-state index in [0.717, 1.165) is 50.0 Å². The fourth-order valence-electron chi connectivity index (χ4n) is 4.67. The number of fused-ring (bicyclic) bond motifs is 4. The molecule has 6 aromatic rings. The number of aromatic nitrogens is 2. The molecule has 0 aliphatic rings.